The van der Waals surface area contributed by atoms with Crippen LogP contribution in [0.25, 0.3) is 0 Å². The molecule has 3 rings (SSSR count). The third-order valence-corrected chi connectivity index (χ3v) is 4.37. The molecule has 0 saturated carbocycles. The van der Waals surface area contributed by atoms with E-state index < -0.39 is 0 Å². The Morgan fingerprint density at radius 3 is 2.37 bits per heavy atom. The van der Waals surface area contributed by atoms with Crippen molar-refractivity contribution in [3.05, 3.63) is 83.2 Å². The lowest BCUT2D eigenvalue weighted by Gasteiger charge is -2.16. The van der Waals surface area contributed by atoms with Crippen molar-refractivity contribution in [3.63, 3.8) is 0 Å². The van der Waals surface area contributed by atoms with Gasteiger partial charge in [-0.3, -0.25) is 4.79 Å². The van der Waals surface area contributed by atoms with Crippen LogP contribution in [-0.2, 0) is 6.54 Å². The number of carbonyl (C=O) groups is 1. The first-order valence-electron chi connectivity index (χ1n) is 9.05. The Kier molecular flexibility index (Phi) is 5.81. The van der Waals surface area contributed by atoms with E-state index in [1.807, 2.05) is 55.5 Å². The molecule has 0 spiro atoms. The summed E-state index contributed by atoms with van der Waals surface area (Å²) in [5.74, 6) is 0.607. The Morgan fingerprint density at radius 1 is 1.00 bits per heavy atom. The number of benzene rings is 2. The van der Waals surface area contributed by atoms with Crippen LogP contribution >= 0.6 is 0 Å². The standard InChI is InChI=1S/C22H24N4O/c1-15(2)19-11-7-8-16(3)20(19)26-21(27)18-13-24-22(25-14-18)23-12-17-9-5-4-6-10-17/h4-11,13-15H,12H2,1-3H3,(H,26,27)(H,23,24,25). The van der Waals surface area contributed by atoms with Crippen LogP contribution in [0.15, 0.2) is 60.9 Å². The van der Waals surface area contributed by atoms with Gasteiger partial charge in [0.15, 0.2) is 0 Å². The molecule has 0 atom stereocenters. The molecule has 0 aliphatic rings. The minimum absolute atomic E-state index is 0.208. The molecule has 0 aliphatic heterocycles. The van der Waals surface area contributed by atoms with Crippen molar-refractivity contribution in [2.75, 3.05) is 10.6 Å². The molecular formula is C22H24N4O. The van der Waals surface area contributed by atoms with Crippen LogP contribution in [0.1, 0.15) is 46.8 Å². The molecule has 1 aromatic heterocycles. The topological polar surface area (TPSA) is 66.9 Å². The van der Waals surface area contributed by atoms with Gasteiger partial charge in [-0.05, 0) is 29.5 Å². The Bertz CT molecular complexity index is 905. The first kappa shape index (κ1) is 18.6. The Labute approximate surface area is 159 Å². The Balaban J connectivity index is 1.68. The summed E-state index contributed by atoms with van der Waals surface area (Å²) in [7, 11) is 0. The van der Waals surface area contributed by atoms with E-state index in [1.165, 1.54) is 0 Å². The molecule has 1 heterocycles. The number of aryl methyl sites for hydroxylation is 1. The molecule has 0 saturated heterocycles. The van der Waals surface area contributed by atoms with Gasteiger partial charge in [0.05, 0.1) is 5.56 Å². The molecule has 0 fully saturated rings. The maximum Gasteiger partial charge on any atom is 0.258 e. The number of aromatic nitrogens is 2. The molecule has 0 aliphatic carbocycles. The highest BCUT2D eigenvalue weighted by Gasteiger charge is 2.14. The predicted molar refractivity (Wildman–Crippen MR) is 109 cm³/mol. The van der Waals surface area contributed by atoms with E-state index in [0.717, 1.165) is 22.4 Å². The van der Waals surface area contributed by atoms with E-state index in [1.54, 1.807) is 12.4 Å². The fourth-order valence-electron chi connectivity index (χ4n) is 2.84. The highest BCUT2D eigenvalue weighted by atomic mass is 16.1. The van der Waals surface area contributed by atoms with Gasteiger partial charge in [0, 0.05) is 24.6 Å². The smallest absolute Gasteiger partial charge is 0.258 e. The van der Waals surface area contributed by atoms with Crippen LogP contribution in [-0.4, -0.2) is 15.9 Å². The van der Waals surface area contributed by atoms with Crippen LogP contribution in [0.2, 0.25) is 0 Å². The molecule has 2 N–H and O–H groups in total. The van der Waals surface area contributed by atoms with E-state index in [0.29, 0.717) is 24.0 Å². The number of anilines is 2. The van der Waals surface area contributed by atoms with Crippen molar-refractivity contribution in [3.8, 4) is 0 Å². The monoisotopic (exact) mass is 360 g/mol. The molecule has 0 radical (unpaired) electrons. The second kappa shape index (κ2) is 8.45. The second-order valence-electron chi connectivity index (χ2n) is 6.78. The fourth-order valence-corrected chi connectivity index (χ4v) is 2.84. The maximum absolute atomic E-state index is 12.6. The summed E-state index contributed by atoms with van der Waals surface area (Å²) < 4.78 is 0. The van der Waals surface area contributed by atoms with Gasteiger partial charge in [-0.15, -0.1) is 0 Å². The normalized spacial score (nSPS) is 10.7. The van der Waals surface area contributed by atoms with E-state index in [-0.39, 0.29) is 5.91 Å². The minimum atomic E-state index is -0.208. The first-order valence-corrected chi connectivity index (χ1v) is 9.05. The van der Waals surface area contributed by atoms with Crippen molar-refractivity contribution < 1.29 is 4.79 Å². The molecule has 0 unspecified atom stereocenters. The predicted octanol–water partition coefficient (Wildman–Crippen LogP) is 4.77. The van der Waals surface area contributed by atoms with Gasteiger partial charge in [-0.1, -0.05) is 62.4 Å². The van der Waals surface area contributed by atoms with Crippen LogP contribution in [0.5, 0.6) is 0 Å². The molecule has 3 aromatic rings. The van der Waals surface area contributed by atoms with E-state index in [4.69, 9.17) is 0 Å². The summed E-state index contributed by atoms with van der Waals surface area (Å²) in [5, 5.41) is 6.17. The molecule has 5 heteroatoms. The largest absolute Gasteiger partial charge is 0.350 e. The number of nitrogens with one attached hydrogen (secondary N) is 2. The second-order valence-corrected chi connectivity index (χ2v) is 6.78. The number of rotatable bonds is 6. The van der Waals surface area contributed by atoms with Crippen LogP contribution in [0.3, 0.4) is 0 Å². The lowest BCUT2D eigenvalue weighted by Crippen LogP contribution is -2.16. The number of para-hydroxylation sites is 1. The summed E-state index contributed by atoms with van der Waals surface area (Å²) in [4.78, 5) is 21.1. The van der Waals surface area contributed by atoms with Gasteiger partial charge in [0.1, 0.15) is 0 Å². The third kappa shape index (κ3) is 4.70. The summed E-state index contributed by atoms with van der Waals surface area (Å²) in [5.41, 5.74) is 4.59. The Morgan fingerprint density at radius 2 is 1.70 bits per heavy atom. The summed E-state index contributed by atoms with van der Waals surface area (Å²) in [6.07, 6.45) is 3.09. The first-order chi connectivity index (χ1) is 13.0. The van der Waals surface area contributed by atoms with Gasteiger partial charge < -0.3 is 10.6 Å². The average molecular weight is 360 g/mol. The number of hydrogen-bond acceptors (Lipinski definition) is 4. The zero-order valence-electron chi connectivity index (χ0n) is 15.9. The highest BCUT2D eigenvalue weighted by Crippen LogP contribution is 2.27. The molecular weight excluding hydrogens is 336 g/mol. The lowest BCUT2D eigenvalue weighted by molar-refractivity contribution is 0.102. The van der Waals surface area contributed by atoms with Crippen molar-refractivity contribution >= 4 is 17.5 Å². The Hall–Kier alpha value is -3.21. The zero-order valence-corrected chi connectivity index (χ0v) is 15.9. The third-order valence-electron chi connectivity index (χ3n) is 4.37. The van der Waals surface area contributed by atoms with Crippen molar-refractivity contribution in [2.45, 2.75) is 33.2 Å². The van der Waals surface area contributed by atoms with E-state index in [9.17, 15) is 4.79 Å². The van der Waals surface area contributed by atoms with Crippen molar-refractivity contribution in [1.29, 1.82) is 0 Å². The van der Waals surface area contributed by atoms with Crippen LogP contribution in [0.4, 0.5) is 11.6 Å². The number of amides is 1. The number of hydrogen-bond donors (Lipinski definition) is 2. The molecule has 0 bridgehead atoms. The van der Waals surface area contributed by atoms with Gasteiger partial charge >= 0.3 is 0 Å². The van der Waals surface area contributed by atoms with Gasteiger partial charge in [-0.25, -0.2) is 9.97 Å². The SMILES string of the molecule is Cc1cccc(C(C)C)c1NC(=O)c1cnc(NCc2ccccc2)nc1. The summed E-state index contributed by atoms with van der Waals surface area (Å²) >= 11 is 0. The summed E-state index contributed by atoms with van der Waals surface area (Å²) in [6.45, 7) is 6.85. The number of carbonyl (C=O) groups excluding carboxylic acids is 1. The zero-order chi connectivity index (χ0) is 19.2. The molecule has 138 valence electrons. The van der Waals surface area contributed by atoms with Crippen LogP contribution in [0, 0.1) is 6.92 Å². The van der Waals surface area contributed by atoms with Gasteiger partial charge in [0.2, 0.25) is 5.95 Å². The van der Waals surface area contributed by atoms with Gasteiger partial charge in [-0.2, -0.15) is 0 Å². The number of nitrogens with zero attached hydrogens (tertiary/aromatic N) is 2. The summed E-state index contributed by atoms with van der Waals surface area (Å²) in [6, 6.07) is 16.1. The van der Waals surface area contributed by atoms with Crippen molar-refractivity contribution in [1.82, 2.24) is 9.97 Å². The highest BCUT2D eigenvalue weighted by molar-refractivity contribution is 6.04. The molecule has 2 aromatic carbocycles. The average Bonchev–Trinajstić information content (AvgIpc) is 2.69. The van der Waals surface area contributed by atoms with Gasteiger partial charge in [0.25, 0.3) is 5.91 Å². The molecule has 1 amide bonds. The van der Waals surface area contributed by atoms with E-state index >= 15 is 0 Å². The minimum Gasteiger partial charge on any atom is -0.350 e. The molecule has 27 heavy (non-hydrogen) atoms. The van der Waals surface area contributed by atoms with Crippen molar-refractivity contribution in [2.24, 2.45) is 0 Å². The van der Waals surface area contributed by atoms with Crippen LogP contribution < -0.4 is 10.6 Å². The van der Waals surface area contributed by atoms with E-state index in [2.05, 4.69) is 34.4 Å². The lowest BCUT2D eigenvalue weighted by atomic mass is 9.98. The quantitative estimate of drug-likeness (QED) is 0.664. The molecule has 5 nitrogen and oxygen atoms in total. The fraction of sp³-hybridized carbons (Fsp3) is 0.227. The maximum atomic E-state index is 12.6.